The molecule has 46 heavy (non-hydrogen) atoms. The van der Waals surface area contributed by atoms with Gasteiger partial charge in [-0.3, -0.25) is 14.5 Å². The standard InChI is InChI=1S/C36H67N3O7/c1-24-21-36(8,43-12)31(46-32-29(40)28(37(9)10)20-25(2)45-32)26(3)30(41)35(6,7)33(42)44-23-27(38(11)22-24)14-13-17-39-18-15-34(4,5)16-19-39/h24-29,31-32,40H,13-23H2,1-12H3/t24-,25-,26+,27+,28+,29-,31-,32+,36-/m1/s1. The minimum Gasteiger partial charge on any atom is -0.463 e. The molecule has 9 atom stereocenters. The minimum atomic E-state index is -1.40. The highest BCUT2D eigenvalue weighted by molar-refractivity contribution is 6.04. The Labute approximate surface area is 279 Å². The SMILES string of the molecule is CO[C@]1(C)C[C@@H](C)CN(C)[C@@H](CCCN2CCC(C)(C)CC2)COC(=O)C(C)(C)C(=O)[C@H](C)[C@H]1O[C@@H]1O[C@H](C)C[C@H](N(C)C)[C@H]1O. The van der Waals surface area contributed by atoms with Gasteiger partial charge in [-0.2, -0.15) is 0 Å². The summed E-state index contributed by atoms with van der Waals surface area (Å²) in [5, 5.41) is 11.3. The maximum absolute atomic E-state index is 14.2. The third-order valence-electron chi connectivity index (χ3n) is 11.2. The Morgan fingerprint density at radius 1 is 1.04 bits per heavy atom. The fourth-order valence-electron chi connectivity index (χ4n) is 7.83. The summed E-state index contributed by atoms with van der Waals surface area (Å²) >= 11 is 0. The molecule has 0 amide bonds. The zero-order valence-corrected chi connectivity index (χ0v) is 31.1. The van der Waals surface area contributed by atoms with Gasteiger partial charge in [0, 0.05) is 31.7 Å². The third kappa shape index (κ3) is 9.73. The molecule has 0 aromatic heterocycles. The minimum absolute atomic E-state index is 0.0350. The first-order chi connectivity index (χ1) is 21.3. The number of ether oxygens (including phenoxy) is 4. The molecule has 268 valence electrons. The number of piperidine rings is 1. The molecule has 0 saturated carbocycles. The van der Waals surface area contributed by atoms with E-state index in [0.29, 0.717) is 18.3 Å². The quantitative estimate of drug-likeness (QED) is 0.303. The predicted molar refractivity (Wildman–Crippen MR) is 181 cm³/mol. The van der Waals surface area contributed by atoms with Crippen molar-refractivity contribution in [1.82, 2.24) is 14.7 Å². The molecule has 0 unspecified atom stereocenters. The van der Waals surface area contributed by atoms with Crippen LogP contribution < -0.4 is 0 Å². The number of likely N-dealkylation sites (tertiary alicyclic amines) is 1. The molecule has 3 fully saturated rings. The van der Waals surface area contributed by atoms with Crippen LogP contribution in [0.15, 0.2) is 0 Å². The van der Waals surface area contributed by atoms with E-state index in [-0.39, 0.29) is 36.5 Å². The summed E-state index contributed by atoms with van der Waals surface area (Å²) in [6.07, 6.45) is 2.82. The van der Waals surface area contributed by atoms with Crippen LogP contribution in [0, 0.1) is 22.7 Å². The van der Waals surface area contributed by atoms with Crippen molar-refractivity contribution >= 4 is 11.8 Å². The van der Waals surface area contributed by atoms with Gasteiger partial charge in [0.2, 0.25) is 0 Å². The fourth-order valence-corrected chi connectivity index (χ4v) is 7.83. The van der Waals surface area contributed by atoms with Crippen molar-refractivity contribution in [3.63, 3.8) is 0 Å². The van der Waals surface area contributed by atoms with Gasteiger partial charge < -0.3 is 33.9 Å². The second-order valence-electron chi connectivity index (χ2n) is 16.6. The number of carbonyl (C=O) groups is 2. The van der Waals surface area contributed by atoms with Crippen LogP contribution in [0.4, 0.5) is 0 Å². The van der Waals surface area contributed by atoms with E-state index < -0.39 is 41.4 Å². The number of likely N-dealkylation sites (N-methyl/N-ethyl adjacent to an activating group) is 2. The molecule has 1 N–H and O–H groups in total. The lowest BCUT2D eigenvalue weighted by Gasteiger charge is -2.47. The number of hydrogen-bond donors (Lipinski definition) is 1. The van der Waals surface area contributed by atoms with E-state index in [1.54, 1.807) is 27.9 Å². The van der Waals surface area contributed by atoms with E-state index in [9.17, 15) is 14.7 Å². The maximum Gasteiger partial charge on any atom is 0.319 e. The molecular formula is C36H67N3O7. The number of aliphatic hydroxyl groups excluding tert-OH is 1. The molecule has 3 aliphatic heterocycles. The van der Waals surface area contributed by atoms with Crippen molar-refractivity contribution in [3.8, 4) is 0 Å². The Morgan fingerprint density at radius 3 is 2.26 bits per heavy atom. The molecule has 0 aliphatic carbocycles. The topological polar surface area (TPSA) is 101 Å². The van der Waals surface area contributed by atoms with Gasteiger partial charge in [-0.1, -0.05) is 27.7 Å². The van der Waals surface area contributed by atoms with Crippen molar-refractivity contribution in [2.75, 3.05) is 61.0 Å². The van der Waals surface area contributed by atoms with Gasteiger partial charge in [0.15, 0.2) is 12.1 Å². The smallest absolute Gasteiger partial charge is 0.319 e. The van der Waals surface area contributed by atoms with Crippen molar-refractivity contribution in [2.45, 2.75) is 136 Å². The summed E-state index contributed by atoms with van der Waals surface area (Å²) in [5.74, 6) is -1.38. The van der Waals surface area contributed by atoms with Crippen LogP contribution in [0.1, 0.15) is 93.9 Å². The predicted octanol–water partition coefficient (Wildman–Crippen LogP) is 4.22. The first-order valence-corrected chi connectivity index (χ1v) is 17.7. The monoisotopic (exact) mass is 653 g/mol. The molecule has 0 aromatic rings. The molecule has 0 bridgehead atoms. The number of rotatable bonds is 8. The third-order valence-corrected chi connectivity index (χ3v) is 11.2. The van der Waals surface area contributed by atoms with Gasteiger partial charge in [0.1, 0.15) is 18.1 Å². The zero-order valence-electron chi connectivity index (χ0n) is 31.1. The average Bonchev–Trinajstić information content (AvgIpc) is 2.97. The molecule has 3 rings (SSSR count). The van der Waals surface area contributed by atoms with Crippen LogP contribution in [0.2, 0.25) is 0 Å². The first kappa shape index (κ1) is 39.3. The second kappa shape index (κ2) is 16.0. The van der Waals surface area contributed by atoms with Gasteiger partial charge in [-0.15, -0.1) is 0 Å². The Hall–Kier alpha value is -1.14. The summed E-state index contributed by atoms with van der Waals surface area (Å²) in [4.78, 5) is 34.7. The fraction of sp³-hybridized carbons (Fsp3) is 0.944. The number of aliphatic hydroxyl groups is 1. The largest absolute Gasteiger partial charge is 0.463 e. The highest BCUT2D eigenvalue weighted by Crippen LogP contribution is 2.38. The van der Waals surface area contributed by atoms with Crippen molar-refractivity contribution < 1.29 is 33.6 Å². The number of methoxy groups -OCH3 is 1. The Balaban J connectivity index is 1.85. The Morgan fingerprint density at radius 2 is 1.67 bits per heavy atom. The number of hydrogen-bond acceptors (Lipinski definition) is 10. The number of carbonyl (C=O) groups excluding carboxylic acids is 2. The van der Waals surface area contributed by atoms with E-state index in [1.807, 2.05) is 32.8 Å². The van der Waals surface area contributed by atoms with E-state index in [0.717, 1.165) is 39.0 Å². The zero-order chi connectivity index (χ0) is 34.6. The molecule has 10 nitrogen and oxygen atoms in total. The number of Topliss-reactive ketones (excluding diaryl/α,β-unsaturated/α-hetero) is 1. The molecule has 3 aliphatic rings. The molecule has 0 spiro atoms. The first-order valence-electron chi connectivity index (χ1n) is 17.7. The molecule has 0 radical (unpaired) electrons. The number of ketones is 1. The van der Waals surface area contributed by atoms with Gasteiger partial charge in [0.25, 0.3) is 0 Å². The molecule has 10 heteroatoms. The van der Waals surface area contributed by atoms with Crippen molar-refractivity contribution in [3.05, 3.63) is 0 Å². The molecule has 3 heterocycles. The summed E-state index contributed by atoms with van der Waals surface area (Å²) in [6, 6.07) is -0.131. The lowest BCUT2D eigenvalue weighted by molar-refractivity contribution is -0.295. The van der Waals surface area contributed by atoms with E-state index in [4.69, 9.17) is 18.9 Å². The van der Waals surface area contributed by atoms with Crippen LogP contribution in [-0.4, -0.2) is 135 Å². The van der Waals surface area contributed by atoms with Gasteiger partial charge >= 0.3 is 5.97 Å². The highest BCUT2D eigenvalue weighted by Gasteiger charge is 2.51. The van der Waals surface area contributed by atoms with Crippen molar-refractivity contribution in [1.29, 1.82) is 0 Å². The maximum atomic E-state index is 14.2. The van der Waals surface area contributed by atoms with Gasteiger partial charge in [-0.25, -0.2) is 0 Å². The summed E-state index contributed by atoms with van der Waals surface area (Å²) < 4.78 is 25.0. The lowest BCUT2D eigenvalue weighted by atomic mass is 9.74. The Kier molecular flexibility index (Phi) is 13.7. The molecule has 0 aromatic carbocycles. The van der Waals surface area contributed by atoms with Crippen LogP contribution >= 0.6 is 0 Å². The van der Waals surface area contributed by atoms with E-state index >= 15 is 0 Å². The number of cyclic esters (lactones) is 1. The Bertz CT molecular complexity index is 996. The summed E-state index contributed by atoms with van der Waals surface area (Å²) in [7, 11) is 7.61. The number of esters is 1. The number of nitrogens with zero attached hydrogens (tertiary/aromatic N) is 3. The van der Waals surface area contributed by atoms with Crippen LogP contribution in [0.5, 0.6) is 0 Å². The van der Waals surface area contributed by atoms with Crippen LogP contribution in [-0.2, 0) is 28.5 Å². The highest BCUT2D eigenvalue weighted by atomic mass is 16.7. The average molecular weight is 654 g/mol. The van der Waals surface area contributed by atoms with Crippen LogP contribution in [0.25, 0.3) is 0 Å². The van der Waals surface area contributed by atoms with E-state index in [2.05, 4.69) is 37.6 Å². The molecule has 3 saturated heterocycles. The lowest BCUT2D eigenvalue weighted by Crippen LogP contribution is -2.59. The van der Waals surface area contributed by atoms with Gasteiger partial charge in [0.05, 0.1) is 17.8 Å². The van der Waals surface area contributed by atoms with Crippen LogP contribution in [0.3, 0.4) is 0 Å². The summed E-state index contributed by atoms with van der Waals surface area (Å²) in [6.45, 7) is 20.2. The second-order valence-corrected chi connectivity index (χ2v) is 16.6. The van der Waals surface area contributed by atoms with Gasteiger partial charge in [-0.05, 0) is 118 Å². The van der Waals surface area contributed by atoms with Crippen molar-refractivity contribution in [2.24, 2.45) is 22.7 Å². The summed E-state index contributed by atoms with van der Waals surface area (Å²) in [5.41, 5.74) is -1.88. The normalized spacial score (nSPS) is 38.9. The molecular weight excluding hydrogens is 586 g/mol. The van der Waals surface area contributed by atoms with E-state index in [1.165, 1.54) is 12.8 Å².